The molecule has 2 aromatic carbocycles. The number of aromatic nitrogens is 2. The summed E-state index contributed by atoms with van der Waals surface area (Å²) in [6.07, 6.45) is 2.63. The molecule has 2 amide bonds. The highest BCUT2D eigenvalue weighted by atomic mass is 16.5. The largest absolute Gasteiger partial charge is 0.484 e. The van der Waals surface area contributed by atoms with Crippen molar-refractivity contribution in [2.24, 2.45) is 0 Å². The van der Waals surface area contributed by atoms with E-state index in [1.807, 2.05) is 72.2 Å². The lowest BCUT2D eigenvalue weighted by Crippen LogP contribution is -2.44. The molecule has 0 aliphatic carbocycles. The number of imidazole rings is 1. The van der Waals surface area contributed by atoms with Crippen LogP contribution in [0.2, 0.25) is 0 Å². The second-order valence-corrected chi connectivity index (χ2v) is 7.44. The van der Waals surface area contributed by atoms with Crippen molar-refractivity contribution in [1.82, 2.24) is 19.8 Å². The Bertz CT molecular complexity index is 1030. The van der Waals surface area contributed by atoms with Crippen LogP contribution < -0.4 is 10.1 Å². The molecule has 4 rings (SSSR count). The molecule has 0 bridgehead atoms. The van der Waals surface area contributed by atoms with E-state index in [9.17, 15) is 9.59 Å². The number of benzene rings is 2. The van der Waals surface area contributed by atoms with Gasteiger partial charge in [0, 0.05) is 25.8 Å². The number of nitrogens with one attached hydrogen (secondary N) is 1. The Balaban J connectivity index is 1.60. The summed E-state index contributed by atoms with van der Waals surface area (Å²) in [7, 11) is 0. The van der Waals surface area contributed by atoms with Crippen LogP contribution in [0.25, 0.3) is 0 Å². The van der Waals surface area contributed by atoms with Gasteiger partial charge in [-0.1, -0.05) is 55.5 Å². The van der Waals surface area contributed by atoms with Gasteiger partial charge in [-0.25, -0.2) is 4.98 Å². The summed E-state index contributed by atoms with van der Waals surface area (Å²) < 4.78 is 7.67. The Labute approximate surface area is 181 Å². The van der Waals surface area contributed by atoms with Gasteiger partial charge in [0.15, 0.2) is 6.61 Å². The summed E-state index contributed by atoms with van der Waals surface area (Å²) in [6.45, 7) is 3.63. The first-order valence-corrected chi connectivity index (χ1v) is 10.5. The number of rotatable bonds is 7. The van der Waals surface area contributed by atoms with Crippen molar-refractivity contribution < 1.29 is 14.3 Å². The van der Waals surface area contributed by atoms with Gasteiger partial charge in [0.1, 0.15) is 23.3 Å². The van der Waals surface area contributed by atoms with Crippen LogP contribution in [0.5, 0.6) is 5.75 Å². The Hall–Kier alpha value is -3.61. The molecule has 160 valence electrons. The molecule has 1 atom stereocenters. The zero-order chi connectivity index (χ0) is 21.6. The van der Waals surface area contributed by atoms with Crippen LogP contribution in [-0.4, -0.2) is 46.0 Å². The molecule has 1 N–H and O–H groups in total. The van der Waals surface area contributed by atoms with Crippen LogP contribution in [0.3, 0.4) is 0 Å². The van der Waals surface area contributed by atoms with Gasteiger partial charge in [-0.2, -0.15) is 0 Å². The highest BCUT2D eigenvalue weighted by molar-refractivity contribution is 5.92. The third-order valence-electron chi connectivity index (χ3n) is 5.25. The lowest BCUT2D eigenvalue weighted by molar-refractivity contribution is -0.136. The van der Waals surface area contributed by atoms with E-state index in [0.717, 1.165) is 12.0 Å². The summed E-state index contributed by atoms with van der Waals surface area (Å²) >= 11 is 0. The van der Waals surface area contributed by atoms with Gasteiger partial charge in [-0.15, -0.1) is 0 Å². The average Bonchev–Trinajstić information content (AvgIpc) is 3.26. The van der Waals surface area contributed by atoms with E-state index in [-0.39, 0.29) is 24.5 Å². The molecule has 1 aromatic heterocycles. The van der Waals surface area contributed by atoms with Crippen LogP contribution in [0, 0.1) is 0 Å². The van der Waals surface area contributed by atoms with Gasteiger partial charge in [0.25, 0.3) is 11.8 Å². The van der Waals surface area contributed by atoms with Crippen LogP contribution in [-0.2, 0) is 11.3 Å². The molecule has 0 saturated heterocycles. The van der Waals surface area contributed by atoms with E-state index in [1.54, 1.807) is 11.1 Å². The predicted molar refractivity (Wildman–Crippen MR) is 117 cm³/mol. The molecule has 3 aromatic rings. The molecule has 1 aliphatic heterocycles. The van der Waals surface area contributed by atoms with E-state index < -0.39 is 0 Å². The number of nitrogens with zero attached hydrogens (tertiary/aromatic N) is 3. The zero-order valence-electron chi connectivity index (χ0n) is 17.5. The summed E-state index contributed by atoms with van der Waals surface area (Å²) in [5.41, 5.74) is 1.32. The molecular formula is C24H26N4O3. The average molecular weight is 418 g/mol. The molecular weight excluding hydrogens is 392 g/mol. The monoisotopic (exact) mass is 418 g/mol. The molecule has 0 saturated carbocycles. The van der Waals surface area contributed by atoms with Gasteiger partial charge < -0.3 is 19.5 Å². The minimum absolute atomic E-state index is 0.0576. The predicted octanol–water partition coefficient (Wildman–Crippen LogP) is 3.03. The second kappa shape index (κ2) is 9.47. The fourth-order valence-electron chi connectivity index (χ4n) is 3.73. The number of amides is 2. The Morgan fingerprint density at radius 2 is 1.77 bits per heavy atom. The SMILES string of the molecule is CCCNC(=O)c1cn2c(n1)C(c1ccccc1)N(C(=O)COc1ccccc1)CC2. The molecule has 2 heterocycles. The Morgan fingerprint density at radius 3 is 2.48 bits per heavy atom. The highest BCUT2D eigenvalue weighted by Gasteiger charge is 2.35. The molecule has 0 spiro atoms. The summed E-state index contributed by atoms with van der Waals surface area (Å²) in [5.74, 6) is 1.03. The van der Waals surface area contributed by atoms with E-state index >= 15 is 0 Å². The van der Waals surface area contributed by atoms with Gasteiger partial charge in [-0.3, -0.25) is 9.59 Å². The standard InChI is InChI=1S/C24H26N4O3/c1-2-13-25-24(30)20-16-27-14-15-28(21(29)17-31-19-11-7-4-8-12-19)22(23(27)26-20)18-9-5-3-6-10-18/h3-12,16,22H,2,13-15,17H2,1H3,(H,25,30). The number of carbonyl (C=O) groups excluding carboxylic acids is 2. The Kier molecular flexibility index (Phi) is 6.31. The van der Waals surface area contributed by atoms with E-state index in [0.29, 0.717) is 36.9 Å². The van der Waals surface area contributed by atoms with Crippen molar-refractivity contribution in [3.8, 4) is 5.75 Å². The van der Waals surface area contributed by atoms with E-state index in [4.69, 9.17) is 4.74 Å². The number of fused-ring (bicyclic) bond motifs is 1. The van der Waals surface area contributed by atoms with Gasteiger partial charge in [-0.05, 0) is 24.1 Å². The molecule has 1 unspecified atom stereocenters. The zero-order valence-corrected chi connectivity index (χ0v) is 17.5. The van der Waals surface area contributed by atoms with E-state index in [1.165, 1.54) is 0 Å². The number of carbonyl (C=O) groups is 2. The summed E-state index contributed by atoms with van der Waals surface area (Å²) in [5, 5.41) is 2.87. The fraction of sp³-hybridized carbons (Fsp3) is 0.292. The molecule has 7 nitrogen and oxygen atoms in total. The van der Waals surface area contributed by atoms with Crippen molar-refractivity contribution in [3.05, 3.63) is 83.9 Å². The molecule has 31 heavy (non-hydrogen) atoms. The van der Waals surface area contributed by atoms with Crippen LogP contribution in [0.4, 0.5) is 0 Å². The highest BCUT2D eigenvalue weighted by Crippen LogP contribution is 2.31. The smallest absolute Gasteiger partial charge is 0.271 e. The minimum atomic E-state index is -0.380. The normalized spacial score (nSPS) is 15.3. The lowest BCUT2D eigenvalue weighted by Gasteiger charge is -2.36. The third kappa shape index (κ3) is 4.60. The van der Waals surface area contributed by atoms with Crippen LogP contribution >= 0.6 is 0 Å². The van der Waals surface area contributed by atoms with Crippen molar-refractivity contribution in [3.63, 3.8) is 0 Å². The van der Waals surface area contributed by atoms with Gasteiger partial charge in [0.2, 0.25) is 0 Å². The van der Waals surface area contributed by atoms with E-state index in [2.05, 4.69) is 10.3 Å². The molecule has 0 fully saturated rings. The topological polar surface area (TPSA) is 76.5 Å². The van der Waals surface area contributed by atoms with Crippen molar-refractivity contribution in [2.75, 3.05) is 19.7 Å². The third-order valence-corrected chi connectivity index (χ3v) is 5.25. The molecule has 0 radical (unpaired) electrons. The van der Waals surface area contributed by atoms with Crippen molar-refractivity contribution in [1.29, 1.82) is 0 Å². The summed E-state index contributed by atoms with van der Waals surface area (Å²) in [6, 6.07) is 18.7. The molecule has 7 heteroatoms. The van der Waals surface area contributed by atoms with Crippen molar-refractivity contribution >= 4 is 11.8 Å². The Morgan fingerprint density at radius 1 is 1.06 bits per heavy atom. The maximum Gasteiger partial charge on any atom is 0.271 e. The molecule has 1 aliphatic rings. The van der Waals surface area contributed by atoms with Crippen LogP contribution in [0.15, 0.2) is 66.9 Å². The first kappa shape index (κ1) is 20.7. The second-order valence-electron chi connectivity index (χ2n) is 7.44. The van der Waals surface area contributed by atoms with Crippen molar-refractivity contribution in [2.45, 2.75) is 25.9 Å². The van der Waals surface area contributed by atoms with Gasteiger partial charge in [0.05, 0.1) is 0 Å². The number of hydrogen-bond acceptors (Lipinski definition) is 4. The maximum atomic E-state index is 13.1. The van der Waals surface area contributed by atoms with Crippen LogP contribution in [0.1, 0.15) is 41.3 Å². The first-order chi connectivity index (χ1) is 15.2. The quantitative estimate of drug-likeness (QED) is 0.640. The summed E-state index contributed by atoms with van der Waals surface area (Å²) in [4.78, 5) is 32.0. The minimum Gasteiger partial charge on any atom is -0.484 e. The first-order valence-electron chi connectivity index (χ1n) is 10.5. The lowest BCUT2D eigenvalue weighted by atomic mass is 10.0. The number of para-hydroxylation sites is 1. The number of ether oxygens (including phenoxy) is 1. The number of hydrogen-bond donors (Lipinski definition) is 1. The fourth-order valence-corrected chi connectivity index (χ4v) is 3.73. The van der Waals surface area contributed by atoms with Gasteiger partial charge >= 0.3 is 0 Å². The maximum absolute atomic E-state index is 13.1.